The van der Waals surface area contributed by atoms with Gasteiger partial charge >= 0.3 is 0 Å². The molecule has 1 aromatic carbocycles. The van der Waals surface area contributed by atoms with E-state index in [0.717, 1.165) is 6.07 Å². The summed E-state index contributed by atoms with van der Waals surface area (Å²) >= 11 is 5.70. The predicted molar refractivity (Wildman–Crippen MR) is 115 cm³/mol. The van der Waals surface area contributed by atoms with Crippen molar-refractivity contribution in [2.45, 2.75) is 37.0 Å². The summed E-state index contributed by atoms with van der Waals surface area (Å²) < 4.78 is 44.5. The van der Waals surface area contributed by atoms with Crippen molar-refractivity contribution in [1.82, 2.24) is 4.98 Å². The second-order valence-corrected chi connectivity index (χ2v) is 11.3. The first kappa shape index (κ1) is 21.7. The monoisotopic (exact) mass is 465 g/mol. The van der Waals surface area contributed by atoms with Gasteiger partial charge in [0.05, 0.1) is 17.4 Å². The quantitative estimate of drug-likeness (QED) is 0.697. The molecule has 164 valence electrons. The minimum Gasteiger partial charge on any atom is -0.493 e. The van der Waals surface area contributed by atoms with Gasteiger partial charge in [-0.25, -0.2) is 17.8 Å². The molecule has 1 atom stereocenters. The third-order valence-corrected chi connectivity index (χ3v) is 8.74. The van der Waals surface area contributed by atoms with Crippen molar-refractivity contribution >= 4 is 33.1 Å². The fraction of sp³-hybridized carbons (Fsp3) is 0.381. The fourth-order valence-corrected chi connectivity index (χ4v) is 5.71. The number of nitrogens with two attached hydrogens (primary N) is 1. The maximum atomic E-state index is 14.1. The standard InChI is InChI=1S/C21H21ClFN3O4S/c1-20(2)19(24)26-21(11-31(20,28)29)5-6-30-17-4-3-12(7-14(17)21)8-16(27)18-15(23)9-13(22)10-25-18/h3-4,7,9-10H,5-6,8,11H2,1-2H3,(H2,24,26)/t21-/m0/s1. The number of carbonyl (C=O) groups is 1. The number of aliphatic imine (C=N–C) groups is 1. The zero-order valence-corrected chi connectivity index (χ0v) is 18.6. The van der Waals surface area contributed by atoms with Crippen LogP contribution in [0.1, 0.15) is 41.9 Å². The molecular formula is C21H21ClFN3O4S. The molecule has 2 aromatic rings. The van der Waals surface area contributed by atoms with Crippen LogP contribution in [0.3, 0.4) is 0 Å². The molecule has 2 N–H and O–H groups in total. The molecule has 0 unspecified atom stereocenters. The van der Waals surface area contributed by atoms with Crippen LogP contribution in [0.4, 0.5) is 4.39 Å². The van der Waals surface area contributed by atoms with Gasteiger partial charge in [-0.3, -0.25) is 9.79 Å². The number of amidine groups is 1. The number of fused-ring (bicyclic) bond motifs is 2. The highest BCUT2D eigenvalue weighted by atomic mass is 35.5. The molecule has 0 aliphatic carbocycles. The Balaban J connectivity index is 1.74. The molecule has 1 aromatic heterocycles. The molecule has 4 rings (SSSR count). The largest absolute Gasteiger partial charge is 0.493 e. The Bertz CT molecular complexity index is 1230. The van der Waals surface area contributed by atoms with Crippen molar-refractivity contribution < 1.29 is 22.3 Å². The minimum absolute atomic E-state index is 0.0421. The fourth-order valence-electron chi connectivity index (χ4n) is 3.85. The number of benzene rings is 1. The maximum Gasteiger partial charge on any atom is 0.188 e. The Morgan fingerprint density at radius 1 is 1.32 bits per heavy atom. The first-order valence-corrected chi connectivity index (χ1v) is 11.7. The molecule has 1 spiro atoms. The van der Waals surface area contributed by atoms with Gasteiger partial charge in [-0.1, -0.05) is 17.7 Å². The summed E-state index contributed by atoms with van der Waals surface area (Å²) in [5, 5.41) is 0.0961. The lowest BCUT2D eigenvalue weighted by Crippen LogP contribution is -2.56. The number of nitrogens with zero attached hydrogens (tertiary/aromatic N) is 2. The van der Waals surface area contributed by atoms with Gasteiger partial charge in [0.2, 0.25) is 0 Å². The summed E-state index contributed by atoms with van der Waals surface area (Å²) in [4.78, 5) is 21.0. The first-order valence-electron chi connectivity index (χ1n) is 9.64. The number of halogens is 2. The number of aromatic nitrogens is 1. The number of hydrogen-bond donors (Lipinski definition) is 1. The van der Waals surface area contributed by atoms with Gasteiger partial charge in [0, 0.05) is 24.6 Å². The van der Waals surface area contributed by atoms with Gasteiger partial charge in [-0.2, -0.15) is 0 Å². The molecule has 2 aliphatic rings. The molecule has 0 radical (unpaired) electrons. The summed E-state index contributed by atoms with van der Waals surface area (Å²) in [6, 6.07) is 6.06. The number of pyridine rings is 1. The van der Waals surface area contributed by atoms with Gasteiger partial charge in [0.15, 0.2) is 21.4 Å². The van der Waals surface area contributed by atoms with E-state index in [4.69, 9.17) is 22.1 Å². The molecule has 0 fully saturated rings. The highest BCUT2D eigenvalue weighted by Gasteiger charge is 2.52. The summed E-state index contributed by atoms with van der Waals surface area (Å²) in [7, 11) is -3.60. The average Bonchev–Trinajstić information content (AvgIpc) is 2.67. The highest BCUT2D eigenvalue weighted by Crippen LogP contribution is 2.45. The van der Waals surface area contributed by atoms with Crippen molar-refractivity contribution in [1.29, 1.82) is 0 Å². The lowest BCUT2D eigenvalue weighted by molar-refractivity contribution is 0.0983. The predicted octanol–water partition coefficient (Wildman–Crippen LogP) is 2.84. The Morgan fingerprint density at radius 3 is 2.74 bits per heavy atom. The van der Waals surface area contributed by atoms with E-state index in [0.29, 0.717) is 23.3 Å². The van der Waals surface area contributed by atoms with E-state index >= 15 is 0 Å². The van der Waals surface area contributed by atoms with Crippen LogP contribution in [0.2, 0.25) is 5.02 Å². The van der Waals surface area contributed by atoms with Crippen LogP contribution < -0.4 is 10.5 Å². The zero-order valence-electron chi connectivity index (χ0n) is 17.0. The van der Waals surface area contributed by atoms with Crippen molar-refractivity contribution in [2.75, 3.05) is 12.4 Å². The first-order chi connectivity index (χ1) is 14.4. The molecular weight excluding hydrogens is 445 g/mol. The van der Waals surface area contributed by atoms with E-state index in [2.05, 4.69) is 9.98 Å². The normalized spacial score (nSPS) is 23.5. The molecule has 3 heterocycles. The van der Waals surface area contributed by atoms with E-state index < -0.39 is 31.7 Å². The lowest BCUT2D eigenvalue weighted by atomic mass is 9.84. The van der Waals surface area contributed by atoms with E-state index in [1.54, 1.807) is 18.2 Å². The van der Waals surface area contributed by atoms with Crippen molar-refractivity contribution in [3.8, 4) is 5.75 Å². The minimum atomic E-state index is -3.60. The van der Waals surface area contributed by atoms with Crippen LogP contribution >= 0.6 is 11.6 Å². The number of ether oxygens (including phenoxy) is 1. The molecule has 0 bridgehead atoms. The molecule has 7 nitrogen and oxygen atoms in total. The van der Waals surface area contributed by atoms with E-state index in [1.807, 2.05) is 0 Å². The van der Waals surface area contributed by atoms with Crippen LogP contribution in [0, 0.1) is 5.82 Å². The van der Waals surface area contributed by atoms with Crippen molar-refractivity contribution in [3.63, 3.8) is 0 Å². The van der Waals surface area contributed by atoms with Crippen LogP contribution in [-0.4, -0.2) is 42.1 Å². The maximum absolute atomic E-state index is 14.1. The number of ketones is 1. The van der Waals surface area contributed by atoms with Gasteiger partial charge in [0.25, 0.3) is 0 Å². The topological polar surface area (TPSA) is 112 Å². The van der Waals surface area contributed by atoms with Crippen LogP contribution in [-0.2, 0) is 21.8 Å². The van der Waals surface area contributed by atoms with Crippen LogP contribution in [0.15, 0.2) is 35.5 Å². The molecule has 0 saturated carbocycles. The summed E-state index contributed by atoms with van der Waals surface area (Å²) in [5.74, 6) is -1.01. The Hall–Kier alpha value is -2.52. The second kappa shape index (κ2) is 7.27. The van der Waals surface area contributed by atoms with Crippen LogP contribution in [0.5, 0.6) is 5.75 Å². The Kier molecular flexibility index (Phi) is 5.09. The molecule has 31 heavy (non-hydrogen) atoms. The number of hydrogen-bond acceptors (Lipinski definition) is 7. The van der Waals surface area contributed by atoms with E-state index in [1.165, 1.54) is 20.0 Å². The third kappa shape index (κ3) is 3.59. The van der Waals surface area contributed by atoms with Gasteiger partial charge in [-0.15, -0.1) is 0 Å². The van der Waals surface area contributed by atoms with Gasteiger partial charge < -0.3 is 10.5 Å². The third-order valence-electron chi connectivity index (χ3n) is 5.91. The molecule has 10 heteroatoms. The number of carbonyl (C=O) groups excluding carboxylic acids is 1. The van der Waals surface area contributed by atoms with Crippen molar-refractivity contribution in [3.05, 3.63) is 58.1 Å². The summed E-state index contributed by atoms with van der Waals surface area (Å²) in [6.45, 7) is 3.37. The van der Waals surface area contributed by atoms with E-state index in [-0.39, 0.29) is 35.3 Å². The zero-order chi connectivity index (χ0) is 22.6. The number of rotatable bonds is 3. The lowest BCUT2D eigenvalue weighted by Gasteiger charge is -2.42. The van der Waals surface area contributed by atoms with Gasteiger partial charge in [0.1, 0.15) is 27.6 Å². The van der Waals surface area contributed by atoms with E-state index in [9.17, 15) is 17.6 Å². The molecule has 0 amide bonds. The highest BCUT2D eigenvalue weighted by molar-refractivity contribution is 7.93. The molecule has 0 saturated heterocycles. The summed E-state index contributed by atoms with van der Waals surface area (Å²) in [5.41, 5.74) is 5.80. The van der Waals surface area contributed by atoms with Crippen LogP contribution in [0.25, 0.3) is 0 Å². The smallest absolute Gasteiger partial charge is 0.188 e. The Morgan fingerprint density at radius 2 is 2.06 bits per heavy atom. The summed E-state index contributed by atoms with van der Waals surface area (Å²) in [6.07, 6.45) is 1.41. The van der Waals surface area contributed by atoms with Crippen molar-refractivity contribution in [2.24, 2.45) is 10.7 Å². The van der Waals surface area contributed by atoms with Gasteiger partial charge in [-0.05, 0) is 37.6 Å². The molecule has 2 aliphatic heterocycles. The number of Topliss-reactive ketones (excluding diaryl/α,β-unsaturated/α-hetero) is 1. The number of sulfone groups is 1. The average molecular weight is 466 g/mol. The second-order valence-electron chi connectivity index (χ2n) is 8.31. The SMILES string of the molecule is CC1(C)C(N)=N[C@@]2(CCOc3ccc(CC(=O)c4ncc(Cl)cc4F)cc32)CS1(=O)=O. The Labute approximate surface area is 184 Å².